The average Bonchev–Trinajstić information content (AvgIpc) is 2.96. The van der Waals surface area contributed by atoms with Gasteiger partial charge in [0.2, 0.25) is 0 Å². The SMILES string of the molecule is CCCNCCC=CCc1nc(-c2ccccc2)cs1. The van der Waals surface area contributed by atoms with Crippen molar-refractivity contribution in [3.63, 3.8) is 0 Å². The number of hydrogen-bond acceptors (Lipinski definition) is 3. The molecule has 0 aliphatic rings. The minimum absolute atomic E-state index is 0.936. The Balaban J connectivity index is 1.77. The van der Waals surface area contributed by atoms with Gasteiger partial charge in [0.1, 0.15) is 0 Å². The van der Waals surface area contributed by atoms with Gasteiger partial charge in [0.25, 0.3) is 0 Å². The molecule has 2 aromatic rings. The summed E-state index contributed by atoms with van der Waals surface area (Å²) in [6.45, 7) is 4.37. The van der Waals surface area contributed by atoms with E-state index in [1.807, 2.05) is 6.07 Å². The monoisotopic (exact) mass is 286 g/mol. The summed E-state index contributed by atoms with van der Waals surface area (Å²) in [6, 6.07) is 10.4. The largest absolute Gasteiger partial charge is 0.316 e. The maximum atomic E-state index is 4.68. The fraction of sp³-hybridized carbons (Fsp3) is 0.353. The minimum Gasteiger partial charge on any atom is -0.316 e. The lowest BCUT2D eigenvalue weighted by molar-refractivity contribution is 0.678. The lowest BCUT2D eigenvalue weighted by atomic mass is 10.2. The van der Waals surface area contributed by atoms with Crippen molar-refractivity contribution in [1.29, 1.82) is 0 Å². The summed E-state index contributed by atoms with van der Waals surface area (Å²) in [6.07, 6.45) is 7.70. The highest BCUT2D eigenvalue weighted by atomic mass is 32.1. The summed E-state index contributed by atoms with van der Waals surface area (Å²) in [4.78, 5) is 4.68. The predicted molar refractivity (Wildman–Crippen MR) is 88.2 cm³/mol. The van der Waals surface area contributed by atoms with Gasteiger partial charge in [-0.25, -0.2) is 4.98 Å². The molecule has 0 bridgehead atoms. The van der Waals surface area contributed by atoms with E-state index >= 15 is 0 Å². The van der Waals surface area contributed by atoms with Crippen LogP contribution in [-0.2, 0) is 6.42 Å². The molecule has 20 heavy (non-hydrogen) atoms. The molecular weight excluding hydrogens is 264 g/mol. The molecule has 106 valence electrons. The Hall–Kier alpha value is -1.45. The van der Waals surface area contributed by atoms with Crippen LogP contribution in [0.3, 0.4) is 0 Å². The maximum absolute atomic E-state index is 4.68. The molecule has 0 spiro atoms. The molecule has 3 heteroatoms. The summed E-state index contributed by atoms with van der Waals surface area (Å²) in [5.41, 5.74) is 2.28. The number of rotatable bonds is 8. The highest BCUT2D eigenvalue weighted by Crippen LogP contribution is 2.21. The fourth-order valence-electron chi connectivity index (χ4n) is 1.94. The molecule has 1 N–H and O–H groups in total. The first kappa shape index (κ1) is 14.9. The molecule has 2 rings (SSSR count). The Morgan fingerprint density at radius 1 is 1.15 bits per heavy atom. The van der Waals surface area contributed by atoms with Crippen LogP contribution in [0.5, 0.6) is 0 Å². The predicted octanol–water partition coefficient (Wildman–Crippen LogP) is 4.30. The Morgan fingerprint density at radius 3 is 2.80 bits per heavy atom. The third-order valence-electron chi connectivity index (χ3n) is 2.99. The van der Waals surface area contributed by atoms with E-state index in [1.165, 1.54) is 17.0 Å². The second-order valence-corrected chi connectivity index (χ2v) is 5.65. The molecule has 2 nitrogen and oxygen atoms in total. The van der Waals surface area contributed by atoms with Crippen molar-refractivity contribution in [1.82, 2.24) is 10.3 Å². The van der Waals surface area contributed by atoms with Crippen molar-refractivity contribution >= 4 is 11.3 Å². The second-order valence-electron chi connectivity index (χ2n) is 4.71. The minimum atomic E-state index is 0.936. The molecule has 0 amide bonds. The lowest BCUT2D eigenvalue weighted by Gasteiger charge is -1.97. The molecule has 0 aliphatic carbocycles. The smallest absolute Gasteiger partial charge is 0.0970 e. The van der Waals surface area contributed by atoms with Crippen molar-refractivity contribution < 1.29 is 0 Å². The van der Waals surface area contributed by atoms with Crippen LogP contribution in [0.1, 0.15) is 24.8 Å². The molecule has 0 aliphatic heterocycles. The van der Waals surface area contributed by atoms with Crippen molar-refractivity contribution in [2.24, 2.45) is 0 Å². The quantitative estimate of drug-likeness (QED) is 0.578. The van der Waals surface area contributed by atoms with Gasteiger partial charge in [0.15, 0.2) is 0 Å². The first-order valence-electron chi connectivity index (χ1n) is 7.25. The highest BCUT2D eigenvalue weighted by Gasteiger charge is 2.02. The number of nitrogens with one attached hydrogen (secondary N) is 1. The van der Waals surface area contributed by atoms with Gasteiger partial charge in [0, 0.05) is 17.4 Å². The summed E-state index contributed by atoms with van der Waals surface area (Å²) in [7, 11) is 0. The van der Waals surface area contributed by atoms with Gasteiger partial charge in [-0.05, 0) is 25.9 Å². The normalized spacial score (nSPS) is 11.2. The summed E-state index contributed by atoms with van der Waals surface area (Å²) in [5.74, 6) is 0. The topological polar surface area (TPSA) is 24.9 Å². The highest BCUT2D eigenvalue weighted by molar-refractivity contribution is 7.10. The van der Waals surface area contributed by atoms with Crippen LogP contribution in [0.4, 0.5) is 0 Å². The Bertz CT molecular complexity index is 517. The van der Waals surface area contributed by atoms with Gasteiger partial charge < -0.3 is 5.32 Å². The zero-order valence-electron chi connectivity index (χ0n) is 12.0. The van der Waals surface area contributed by atoms with Crippen molar-refractivity contribution in [3.05, 3.63) is 52.9 Å². The molecule has 0 atom stereocenters. The summed E-state index contributed by atoms with van der Waals surface area (Å²) in [5, 5.41) is 6.72. The molecule has 1 heterocycles. The standard InChI is InChI=1S/C17H22N2S/c1-2-12-18-13-8-4-7-11-17-19-16(14-20-17)15-9-5-3-6-10-15/h3-7,9-10,14,18H,2,8,11-13H2,1H3. The zero-order chi connectivity index (χ0) is 14.0. The number of thiazole rings is 1. The van der Waals surface area contributed by atoms with Gasteiger partial charge >= 0.3 is 0 Å². The van der Waals surface area contributed by atoms with Gasteiger partial charge in [-0.15, -0.1) is 11.3 Å². The zero-order valence-corrected chi connectivity index (χ0v) is 12.8. The Labute approximate surface area is 125 Å². The van der Waals surface area contributed by atoms with Crippen LogP contribution in [-0.4, -0.2) is 18.1 Å². The maximum Gasteiger partial charge on any atom is 0.0970 e. The number of hydrogen-bond donors (Lipinski definition) is 1. The third-order valence-corrected chi connectivity index (χ3v) is 3.87. The van der Waals surface area contributed by atoms with Crippen molar-refractivity contribution in [2.75, 3.05) is 13.1 Å². The van der Waals surface area contributed by atoms with Crippen molar-refractivity contribution in [2.45, 2.75) is 26.2 Å². The van der Waals surface area contributed by atoms with E-state index in [0.717, 1.165) is 31.6 Å². The van der Waals surface area contributed by atoms with E-state index in [1.54, 1.807) is 11.3 Å². The molecule has 0 radical (unpaired) electrons. The molecule has 1 aromatic heterocycles. The van der Waals surface area contributed by atoms with Crippen LogP contribution in [0, 0.1) is 0 Å². The van der Waals surface area contributed by atoms with Crippen LogP contribution >= 0.6 is 11.3 Å². The van der Waals surface area contributed by atoms with Crippen LogP contribution in [0.2, 0.25) is 0 Å². The van der Waals surface area contributed by atoms with Crippen LogP contribution in [0.15, 0.2) is 47.9 Å². The van der Waals surface area contributed by atoms with Gasteiger partial charge in [0.05, 0.1) is 10.7 Å². The first-order chi connectivity index (χ1) is 9.90. The van der Waals surface area contributed by atoms with E-state index in [0.29, 0.717) is 0 Å². The summed E-state index contributed by atoms with van der Waals surface area (Å²) >= 11 is 1.74. The van der Waals surface area contributed by atoms with Gasteiger partial charge in [-0.1, -0.05) is 49.4 Å². The number of aromatic nitrogens is 1. The molecule has 0 unspecified atom stereocenters. The number of benzene rings is 1. The molecular formula is C17H22N2S. The van der Waals surface area contributed by atoms with Crippen molar-refractivity contribution in [3.8, 4) is 11.3 Å². The fourth-order valence-corrected chi connectivity index (χ4v) is 2.72. The number of allylic oxidation sites excluding steroid dienone is 1. The molecule has 0 saturated carbocycles. The lowest BCUT2D eigenvalue weighted by Crippen LogP contribution is -2.14. The van der Waals surface area contributed by atoms with Gasteiger partial charge in [-0.3, -0.25) is 0 Å². The van der Waals surface area contributed by atoms with E-state index in [-0.39, 0.29) is 0 Å². The van der Waals surface area contributed by atoms with Gasteiger partial charge in [-0.2, -0.15) is 0 Å². The average molecular weight is 286 g/mol. The Morgan fingerprint density at radius 2 is 2.00 bits per heavy atom. The first-order valence-corrected chi connectivity index (χ1v) is 8.13. The molecule has 0 saturated heterocycles. The van der Waals surface area contributed by atoms with E-state index in [9.17, 15) is 0 Å². The van der Waals surface area contributed by atoms with E-state index < -0.39 is 0 Å². The molecule has 1 aromatic carbocycles. The second kappa shape index (κ2) is 8.67. The van der Waals surface area contributed by atoms with Crippen LogP contribution < -0.4 is 5.32 Å². The van der Waals surface area contributed by atoms with Crippen LogP contribution in [0.25, 0.3) is 11.3 Å². The Kier molecular flexibility index (Phi) is 6.48. The summed E-state index contributed by atoms with van der Waals surface area (Å²) < 4.78 is 0. The number of nitrogens with zero attached hydrogens (tertiary/aromatic N) is 1. The van der Waals surface area contributed by atoms with E-state index in [4.69, 9.17) is 0 Å². The third kappa shape index (κ3) is 4.91. The van der Waals surface area contributed by atoms with E-state index in [2.05, 4.69) is 59.0 Å². The molecule has 0 fully saturated rings.